The Morgan fingerprint density at radius 2 is 2.04 bits per heavy atom. The van der Waals surface area contributed by atoms with Crippen LogP contribution in [0.1, 0.15) is 30.3 Å². The van der Waals surface area contributed by atoms with Crippen LogP contribution in [-0.2, 0) is 11.2 Å². The van der Waals surface area contributed by atoms with Gasteiger partial charge in [0, 0.05) is 6.42 Å². The molecule has 1 aromatic heterocycles. The van der Waals surface area contributed by atoms with Crippen molar-refractivity contribution >= 4 is 11.9 Å². The molecule has 1 amide bonds. The second kappa shape index (κ2) is 6.75. The van der Waals surface area contributed by atoms with Crippen LogP contribution >= 0.6 is 0 Å². The van der Waals surface area contributed by atoms with Gasteiger partial charge in [-0.15, -0.1) is 5.10 Å². The van der Waals surface area contributed by atoms with Crippen LogP contribution in [-0.4, -0.2) is 49.0 Å². The number of carbonyl (C=O) groups excluding carboxylic acids is 1. The van der Waals surface area contributed by atoms with Gasteiger partial charge in [-0.05, 0) is 19.1 Å². The lowest BCUT2D eigenvalue weighted by Crippen LogP contribution is -2.46. The third-order valence-corrected chi connectivity index (χ3v) is 3.33. The van der Waals surface area contributed by atoms with Crippen molar-refractivity contribution in [3.05, 3.63) is 41.7 Å². The number of carbonyl (C=O) groups is 2. The number of aryl methyl sites for hydroxylation is 1. The minimum Gasteiger partial charge on any atom is -0.479 e. The number of carboxylic acids is 1. The number of aliphatic hydroxyl groups is 1. The Hall–Kier alpha value is -2.81. The van der Waals surface area contributed by atoms with E-state index in [2.05, 4.69) is 15.4 Å². The van der Waals surface area contributed by atoms with Crippen LogP contribution in [0.15, 0.2) is 24.3 Å². The number of benzene rings is 1. The van der Waals surface area contributed by atoms with Gasteiger partial charge in [0.15, 0.2) is 5.60 Å². The van der Waals surface area contributed by atoms with E-state index in [-0.39, 0.29) is 11.5 Å². The summed E-state index contributed by atoms with van der Waals surface area (Å²) in [7, 11) is 0. The van der Waals surface area contributed by atoms with Crippen molar-refractivity contribution in [3.63, 3.8) is 0 Å². The first-order valence-corrected chi connectivity index (χ1v) is 7.21. The number of para-hydroxylation sites is 1. The van der Waals surface area contributed by atoms with Gasteiger partial charge in [0.05, 0.1) is 6.54 Å². The number of hydrogen-bond acceptors (Lipinski definition) is 5. The summed E-state index contributed by atoms with van der Waals surface area (Å²) in [5.41, 5.74) is -1.96. The van der Waals surface area contributed by atoms with Crippen LogP contribution in [0.4, 0.5) is 4.39 Å². The maximum absolute atomic E-state index is 13.9. The van der Waals surface area contributed by atoms with Crippen LogP contribution in [0, 0.1) is 5.82 Å². The molecule has 2 aromatic rings. The highest BCUT2D eigenvalue weighted by atomic mass is 19.1. The van der Waals surface area contributed by atoms with Crippen molar-refractivity contribution in [2.75, 3.05) is 6.54 Å². The van der Waals surface area contributed by atoms with Gasteiger partial charge in [-0.3, -0.25) is 4.79 Å². The number of rotatable bonds is 6. The topological polar surface area (TPSA) is 117 Å². The summed E-state index contributed by atoms with van der Waals surface area (Å²) >= 11 is 0. The molecule has 0 fully saturated rings. The summed E-state index contributed by atoms with van der Waals surface area (Å²) in [5.74, 6) is -2.62. The predicted octanol–water partition coefficient (Wildman–Crippen LogP) is 0.534. The summed E-state index contributed by atoms with van der Waals surface area (Å²) in [6.07, 6.45) is 0.404. The van der Waals surface area contributed by atoms with Crippen molar-refractivity contribution in [2.45, 2.75) is 25.9 Å². The van der Waals surface area contributed by atoms with Gasteiger partial charge in [-0.25, -0.2) is 18.9 Å². The molecule has 1 unspecified atom stereocenters. The number of aromatic nitrogens is 3. The summed E-state index contributed by atoms with van der Waals surface area (Å²) in [6.45, 7) is 2.31. The van der Waals surface area contributed by atoms with Gasteiger partial charge in [0.25, 0.3) is 5.91 Å². The molecule has 24 heavy (non-hydrogen) atoms. The number of nitrogens with one attached hydrogen (secondary N) is 1. The molecule has 9 heteroatoms. The van der Waals surface area contributed by atoms with E-state index in [4.69, 9.17) is 5.11 Å². The lowest BCUT2D eigenvalue weighted by molar-refractivity contribution is -0.155. The van der Waals surface area contributed by atoms with Crippen LogP contribution in [0.25, 0.3) is 5.69 Å². The first kappa shape index (κ1) is 17.5. The second-order valence-corrected chi connectivity index (χ2v) is 5.33. The molecule has 0 spiro atoms. The average molecular weight is 336 g/mol. The Bertz CT molecular complexity index is 773. The summed E-state index contributed by atoms with van der Waals surface area (Å²) in [6, 6.07) is 5.92. The van der Waals surface area contributed by atoms with Crippen molar-refractivity contribution in [2.24, 2.45) is 0 Å². The van der Waals surface area contributed by atoms with Crippen molar-refractivity contribution in [1.82, 2.24) is 20.1 Å². The fourth-order valence-corrected chi connectivity index (χ4v) is 1.89. The molecular formula is C15H17FN4O4. The van der Waals surface area contributed by atoms with E-state index >= 15 is 0 Å². The molecule has 1 aromatic carbocycles. The zero-order valence-electron chi connectivity index (χ0n) is 13.2. The predicted molar refractivity (Wildman–Crippen MR) is 81.3 cm³/mol. The highest BCUT2D eigenvalue weighted by molar-refractivity contribution is 5.91. The molecule has 0 radical (unpaired) electrons. The Morgan fingerprint density at radius 1 is 1.38 bits per heavy atom. The lowest BCUT2D eigenvalue weighted by Gasteiger charge is -2.17. The SMILES string of the molecule is CCc1nc(C(=O)NCC(C)(O)C(=O)O)nn1-c1ccccc1F. The highest BCUT2D eigenvalue weighted by Crippen LogP contribution is 2.14. The van der Waals surface area contributed by atoms with Crippen LogP contribution in [0.3, 0.4) is 0 Å². The second-order valence-electron chi connectivity index (χ2n) is 5.33. The summed E-state index contributed by atoms with van der Waals surface area (Å²) < 4.78 is 15.1. The average Bonchev–Trinajstić information content (AvgIpc) is 2.97. The number of nitrogens with zero attached hydrogens (tertiary/aromatic N) is 3. The van der Waals surface area contributed by atoms with Gasteiger partial charge >= 0.3 is 5.97 Å². The van der Waals surface area contributed by atoms with E-state index in [1.165, 1.54) is 22.9 Å². The Labute approximate surface area is 136 Å². The molecule has 3 N–H and O–H groups in total. The number of aliphatic carboxylic acids is 1. The number of amides is 1. The maximum Gasteiger partial charge on any atom is 0.337 e. The third-order valence-electron chi connectivity index (χ3n) is 3.33. The quantitative estimate of drug-likeness (QED) is 0.708. The van der Waals surface area contributed by atoms with Crippen LogP contribution in [0.2, 0.25) is 0 Å². The molecule has 0 aliphatic rings. The van der Waals surface area contributed by atoms with Crippen molar-refractivity contribution in [3.8, 4) is 5.69 Å². The van der Waals surface area contributed by atoms with E-state index in [9.17, 15) is 19.1 Å². The first-order valence-electron chi connectivity index (χ1n) is 7.21. The molecule has 0 saturated heterocycles. The summed E-state index contributed by atoms with van der Waals surface area (Å²) in [4.78, 5) is 26.9. The molecular weight excluding hydrogens is 319 g/mol. The summed E-state index contributed by atoms with van der Waals surface area (Å²) in [5, 5.41) is 24.6. The molecule has 0 bridgehead atoms. The fourth-order valence-electron chi connectivity index (χ4n) is 1.89. The monoisotopic (exact) mass is 336 g/mol. The molecule has 0 saturated carbocycles. The van der Waals surface area contributed by atoms with E-state index < -0.39 is 29.8 Å². The Kier molecular flexibility index (Phi) is 4.93. The smallest absolute Gasteiger partial charge is 0.337 e. The normalized spacial score (nSPS) is 13.3. The number of carboxylic acid groups (broad SMARTS) is 1. The van der Waals surface area contributed by atoms with E-state index in [0.717, 1.165) is 6.92 Å². The standard InChI is InChI=1S/C15H17FN4O4/c1-3-11-18-12(13(21)17-8-15(2,24)14(22)23)19-20(11)10-7-5-4-6-9(10)16/h4-7,24H,3,8H2,1-2H3,(H,17,21)(H,22,23). The fraction of sp³-hybridized carbons (Fsp3) is 0.333. The van der Waals surface area contributed by atoms with Gasteiger partial charge in [-0.2, -0.15) is 0 Å². The Morgan fingerprint density at radius 3 is 2.62 bits per heavy atom. The number of hydrogen-bond donors (Lipinski definition) is 3. The van der Waals surface area contributed by atoms with E-state index in [1.807, 2.05) is 0 Å². The first-order chi connectivity index (χ1) is 11.3. The van der Waals surface area contributed by atoms with Crippen LogP contribution in [0.5, 0.6) is 0 Å². The molecule has 0 aliphatic heterocycles. The maximum atomic E-state index is 13.9. The molecule has 2 rings (SSSR count). The molecule has 1 heterocycles. The largest absolute Gasteiger partial charge is 0.479 e. The van der Waals surface area contributed by atoms with Crippen molar-refractivity contribution in [1.29, 1.82) is 0 Å². The molecule has 128 valence electrons. The third kappa shape index (κ3) is 3.57. The van der Waals surface area contributed by atoms with Gasteiger partial charge in [-0.1, -0.05) is 19.1 Å². The van der Waals surface area contributed by atoms with Gasteiger partial charge in [0.2, 0.25) is 5.82 Å². The van der Waals surface area contributed by atoms with E-state index in [1.54, 1.807) is 13.0 Å². The van der Waals surface area contributed by atoms with E-state index in [0.29, 0.717) is 12.2 Å². The lowest BCUT2D eigenvalue weighted by atomic mass is 10.1. The molecule has 8 nitrogen and oxygen atoms in total. The Balaban J connectivity index is 2.25. The van der Waals surface area contributed by atoms with Gasteiger partial charge in [0.1, 0.15) is 17.3 Å². The zero-order chi connectivity index (χ0) is 17.9. The minimum atomic E-state index is -2.11. The zero-order valence-corrected chi connectivity index (χ0v) is 13.2. The highest BCUT2D eigenvalue weighted by Gasteiger charge is 2.31. The van der Waals surface area contributed by atoms with Crippen molar-refractivity contribution < 1.29 is 24.2 Å². The number of halogens is 1. The molecule has 0 aliphatic carbocycles. The molecule has 1 atom stereocenters. The van der Waals surface area contributed by atoms with Crippen LogP contribution < -0.4 is 5.32 Å². The van der Waals surface area contributed by atoms with Gasteiger partial charge < -0.3 is 15.5 Å². The minimum absolute atomic E-state index is 0.151.